The average Bonchev–Trinajstić information content (AvgIpc) is 2.15. The molecule has 0 aliphatic heterocycles. The standard InChI is InChI=1S/C10H18N2O2/c1-9(7-11)8-12-6-4-2-3-5-10(13)14/h9,12H,2-6,8H2,1H3,(H,13,14). The first-order chi connectivity index (χ1) is 6.66. The van der Waals surface area contributed by atoms with Crippen LogP contribution in [0.5, 0.6) is 0 Å². The molecule has 0 aromatic carbocycles. The van der Waals surface area contributed by atoms with Crippen molar-refractivity contribution < 1.29 is 9.90 Å². The molecule has 4 nitrogen and oxygen atoms in total. The number of rotatable bonds is 8. The summed E-state index contributed by atoms with van der Waals surface area (Å²) >= 11 is 0. The van der Waals surface area contributed by atoms with Crippen LogP contribution in [-0.2, 0) is 4.79 Å². The Labute approximate surface area is 84.9 Å². The van der Waals surface area contributed by atoms with Crippen LogP contribution in [0.3, 0.4) is 0 Å². The van der Waals surface area contributed by atoms with Gasteiger partial charge in [0.25, 0.3) is 0 Å². The summed E-state index contributed by atoms with van der Waals surface area (Å²) in [6, 6.07) is 2.14. The lowest BCUT2D eigenvalue weighted by Gasteiger charge is -2.04. The molecular weight excluding hydrogens is 180 g/mol. The van der Waals surface area contributed by atoms with Gasteiger partial charge in [0.1, 0.15) is 0 Å². The third-order valence-electron chi connectivity index (χ3n) is 1.92. The number of hydrogen-bond acceptors (Lipinski definition) is 3. The number of carboxylic acids is 1. The predicted molar refractivity (Wildman–Crippen MR) is 53.8 cm³/mol. The van der Waals surface area contributed by atoms with Crippen LogP contribution in [0, 0.1) is 17.2 Å². The highest BCUT2D eigenvalue weighted by Crippen LogP contribution is 1.98. The van der Waals surface area contributed by atoms with E-state index in [1.807, 2.05) is 6.92 Å². The molecule has 4 heteroatoms. The minimum atomic E-state index is -0.726. The molecule has 2 N–H and O–H groups in total. The van der Waals surface area contributed by atoms with Gasteiger partial charge in [0.2, 0.25) is 0 Å². The van der Waals surface area contributed by atoms with Gasteiger partial charge in [-0.1, -0.05) is 6.42 Å². The maximum Gasteiger partial charge on any atom is 0.303 e. The number of carboxylic acid groups (broad SMARTS) is 1. The largest absolute Gasteiger partial charge is 0.481 e. The van der Waals surface area contributed by atoms with Crippen LogP contribution >= 0.6 is 0 Å². The van der Waals surface area contributed by atoms with Crippen LogP contribution in [0.15, 0.2) is 0 Å². The Morgan fingerprint density at radius 3 is 2.79 bits per heavy atom. The van der Waals surface area contributed by atoms with Gasteiger partial charge in [0.05, 0.1) is 12.0 Å². The van der Waals surface area contributed by atoms with Gasteiger partial charge < -0.3 is 10.4 Å². The lowest BCUT2D eigenvalue weighted by atomic mass is 10.2. The number of aliphatic carboxylic acids is 1. The summed E-state index contributed by atoms with van der Waals surface area (Å²) in [4.78, 5) is 10.2. The number of nitriles is 1. The van der Waals surface area contributed by atoms with E-state index < -0.39 is 5.97 Å². The maximum atomic E-state index is 10.2. The first-order valence-electron chi connectivity index (χ1n) is 4.99. The minimum absolute atomic E-state index is 0.0500. The van der Waals surface area contributed by atoms with Crippen molar-refractivity contribution in [2.45, 2.75) is 32.6 Å². The average molecular weight is 198 g/mol. The molecule has 1 unspecified atom stereocenters. The molecule has 1 atom stereocenters. The van der Waals surface area contributed by atoms with Crippen LogP contribution in [-0.4, -0.2) is 24.2 Å². The summed E-state index contributed by atoms with van der Waals surface area (Å²) in [5, 5.41) is 20.0. The van der Waals surface area contributed by atoms with Gasteiger partial charge in [-0.15, -0.1) is 0 Å². The van der Waals surface area contributed by atoms with E-state index in [0.717, 1.165) is 32.4 Å². The van der Waals surface area contributed by atoms with Gasteiger partial charge >= 0.3 is 5.97 Å². The van der Waals surface area contributed by atoms with Crippen LogP contribution < -0.4 is 5.32 Å². The molecule has 0 aliphatic carbocycles. The third-order valence-corrected chi connectivity index (χ3v) is 1.92. The summed E-state index contributed by atoms with van der Waals surface area (Å²) in [7, 11) is 0. The highest BCUT2D eigenvalue weighted by molar-refractivity contribution is 5.66. The van der Waals surface area contributed by atoms with E-state index in [9.17, 15) is 4.79 Å². The first kappa shape index (κ1) is 12.9. The number of carbonyl (C=O) groups is 1. The highest BCUT2D eigenvalue weighted by Gasteiger charge is 1.98. The molecule has 0 amide bonds. The molecule has 0 bridgehead atoms. The lowest BCUT2D eigenvalue weighted by molar-refractivity contribution is -0.137. The summed E-state index contributed by atoms with van der Waals surface area (Å²) in [5.74, 6) is -0.676. The Hall–Kier alpha value is -1.08. The van der Waals surface area contributed by atoms with Gasteiger partial charge in [-0.2, -0.15) is 5.26 Å². The quantitative estimate of drug-likeness (QED) is 0.578. The van der Waals surface area contributed by atoms with Crippen molar-refractivity contribution in [3.05, 3.63) is 0 Å². The minimum Gasteiger partial charge on any atom is -0.481 e. The zero-order valence-corrected chi connectivity index (χ0v) is 8.62. The Bertz CT molecular complexity index is 199. The fourth-order valence-corrected chi connectivity index (χ4v) is 1.07. The van der Waals surface area contributed by atoms with Crippen molar-refractivity contribution in [3.8, 4) is 6.07 Å². The molecule has 0 heterocycles. The Morgan fingerprint density at radius 1 is 1.50 bits per heavy atom. The summed E-state index contributed by atoms with van der Waals surface area (Å²) in [6.07, 6.45) is 2.91. The fourth-order valence-electron chi connectivity index (χ4n) is 1.07. The lowest BCUT2D eigenvalue weighted by Crippen LogP contribution is -2.21. The van der Waals surface area contributed by atoms with Gasteiger partial charge in [-0.25, -0.2) is 0 Å². The van der Waals surface area contributed by atoms with Crippen molar-refractivity contribution in [1.82, 2.24) is 5.32 Å². The topological polar surface area (TPSA) is 73.1 Å². The van der Waals surface area contributed by atoms with Crippen LogP contribution in [0.4, 0.5) is 0 Å². The molecule has 0 aliphatic rings. The van der Waals surface area contributed by atoms with E-state index in [2.05, 4.69) is 11.4 Å². The molecule has 80 valence electrons. The van der Waals surface area contributed by atoms with Crippen molar-refractivity contribution >= 4 is 5.97 Å². The number of hydrogen-bond donors (Lipinski definition) is 2. The molecule has 0 rings (SSSR count). The third kappa shape index (κ3) is 9.01. The van der Waals surface area contributed by atoms with Crippen LogP contribution in [0.1, 0.15) is 32.6 Å². The molecule has 0 saturated heterocycles. The summed E-state index contributed by atoms with van der Waals surface area (Å²) in [6.45, 7) is 3.46. The van der Waals surface area contributed by atoms with E-state index in [-0.39, 0.29) is 12.3 Å². The molecule has 0 fully saturated rings. The van der Waals surface area contributed by atoms with Crippen molar-refractivity contribution in [1.29, 1.82) is 5.26 Å². The van der Waals surface area contributed by atoms with Gasteiger partial charge in [-0.3, -0.25) is 4.79 Å². The molecule has 0 radical (unpaired) electrons. The van der Waals surface area contributed by atoms with E-state index >= 15 is 0 Å². The van der Waals surface area contributed by atoms with Crippen molar-refractivity contribution in [3.63, 3.8) is 0 Å². The monoisotopic (exact) mass is 198 g/mol. The summed E-state index contributed by atoms with van der Waals surface area (Å²) < 4.78 is 0. The number of unbranched alkanes of at least 4 members (excludes halogenated alkanes) is 2. The normalized spacial score (nSPS) is 12.0. The second-order valence-electron chi connectivity index (χ2n) is 3.44. The van der Waals surface area contributed by atoms with E-state index in [4.69, 9.17) is 10.4 Å². The molecule has 0 spiro atoms. The van der Waals surface area contributed by atoms with E-state index in [0.29, 0.717) is 0 Å². The van der Waals surface area contributed by atoms with Crippen LogP contribution in [0.2, 0.25) is 0 Å². The molecule has 0 aromatic heterocycles. The second-order valence-corrected chi connectivity index (χ2v) is 3.44. The Balaban J connectivity index is 3.07. The predicted octanol–water partition coefficient (Wildman–Crippen LogP) is 1.38. The van der Waals surface area contributed by atoms with Crippen molar-refractivity contribution in [2.75, 3.05) is 13.1 Å². The first-order valence-corrected chi connectivity index (χ1v) is 4.99. The van der Waals surface area contributed by atoms with E-state index in [1.54, 1.807) is 0 Å². The maximum absolute atomic E-state index is 10.2. The zero-order chi connectivity index (χ0) is 10.8. The van der Waals surface area contributed by atoms with Gasteiger partial charge in [-0.05, 0) is 26.3 Å². The fraction of sp³-hybridized carbons (Fsp3) is 0.800. The molecule has 0 saturated carbocycles. The number of nitrogens with zero attached hydrogens (tertiary/aromatic N) is 1. The molecule has 0 aromatic rings. The Kier molecular flexibility index (Phi) is 7.86. The molecule has 14 heavy (non-hydrogen) atoms. The van der Waals surface area contributed by atoms with Crippen molar-refractivity contribution in [2.24, 2.45) is 5.92 Å². The van der Waals surface area contributed by atoms with Gasteiger partial charge in [0.15, 0.2) is 0 Å². The number of nitrogens with one attached hydrogen (secondary N) is 1. The van der Waals surface area contributed by atoms with Crippen LogP contribution in [0.25, 0.3) is 0 Å². The van der Waals surface area contributed by atoms with E-state index in [1.165, 1.54) is 0 Å². The zero-order valence-electron chi connectivity index (χ0n) is 8.62. The summed E-state index contributed by atoms with van der Waals surface area (Å²) in [5.41, 5.74) is 0. The second kappa shape index (κ2) is 8.52. The molecular formula is C10H18N2O2. The Morgan fingerprint density at radius 2 is 2.21 bits per heavy atom. The SMILES string of the molecule is CC(C#N)CNCCCCCC(=O)O. The smallest absolute Gasteiger partial charge is 0.303 e. The highest BCUT2D eigenvalue weighted by atomic mass is 16.4. The van der Waals surface area contributed by atoms with Gasteiger partial charge in [0, 0.05) is 13.0 Å².